The summed E-state index contributed by atoms with van der Waals surface area (Å²) in [6.07, 6.45) is 5.16. The van der Waals surface area contributed by atoms with Gasteiger partial charge in [-0.25, -0.2) is 14.2 Å². The molecule has 132 valence electrons. The van der Waals surface area contributed by atoms with E-state index in [-0.39, 0.29) is 12.4 Å². The predicted molar refractivity (Wildman–Crippen MR) is 88.4 cm³/mol. The summed E-state index contributed by atoms with van der Waals surface area (Å²) >= 11 is 0. The zero-order valence-corrected chi connectivity index (χ0v) is 13.8. The van der Waals surface area contributed by atoms with Gasteiger partial charge in [-0.05, 0) is 48.3 Å². The van der Waals surface area contributed by atoms with E-state index >= 15 is 0 Å². The van der Waals surface area contributed by atoms with Gasteiger partial charge in [-0.1, -0.05) is 6.07 Å². The third-order valence-corrected chi connectivity index (χ3v) is 5.08. The SMILES string of the molecule is O=C(Nc1ccc(CC2CC3(CNC3)C2)c(F)c1)OCc1cnco1. The summed E-state index contributed by atoms with van der Waals surface area (Å²) in [6, 6.07) is 4.78. The second kappa shape index (κ2) is 6.48. The van der Waals surface area contributed by atoms with E-state index in [0.29, 0.717) is 28.3 Å². The first-order valence-electron chi connectivity index (χ1n) is 8.42. The van der Waals surface area contributed by atoms with Gasteiger partial charge in [-0.15, -0.1) is 0 Å². The Balaban J connectivity index is 1.28. The highest BCUT2D eigenvalue weighted by atomic mass is 19.1. The molecule has 1 saturated heterocycles. The van der Waals surface area contributed by atoms with Crippen molar-refractivity contribution < 1.29 is 18.3 Å². The van der Waals surface area contributed by atoms with Crippen LogP contribution in [0, 0.1) is 17.2 Å². The number of ether oxygens (including phenoxy) is 1. The number of hydrogen-bond acceptors (Lipinski definition) is 5. The fourth-order valence-corrected chi connectivity index (χ4v) is 3.78. The molecule has 2 fully saturated rings. The normalized spacial score (nSPS) is 18.4. The lowest BCUT2D eigenvalue weighted by molar-refractivity contribution is 0.000563. The highest BCUT2D eigenvalue weighted by Crippen LogP contribution is 2.49. The molecule has 6 nitrogen and oxygen atoms in total. The van der Waals surface area contributed by atoms with Crippen LogP contribution in [0.25, 0.3) is 0 Å². The van der Waals surface area contributed by atoms with Gasteiger partial charge in [-0.2, -0.15) is 0 Å². The third kappa shape index (κ3) is 3.51. The molecule has 2 aromatic rings. The number of hydrogen-bond donors (Lipinski definition) is 2. The van der Waals surface area contributed by atoms with E-state index in [1.54, 1.807) is 12.1 Å². The lowest BCUT2D eigenvalue weighted by atomic mass is 9.57. The van der Waals surface area contributed by atoms with Crippen LogP contribution in [0.5, 0.6) is 0 Å². The molecule has 1 saturated carbocycles. The van der Waals surface area contributed by atoms with E-state index in [0.717, 1.165) is 19.5 Å². The molecule has 1 aromatic carbocycles. The number of amides is 1. The summed E-state index contributed by atoms with van der Waals surface area (Å²) < 4.78 is 24.2. The topological polar surface area (TPSA) is 76.4 Å². The fraction of sp³-hybridized carbons (Fsp3) is 0.444. The lowest BCUT2D eigenvalue weighted by Gasteiger charge is -2.54. The Kier molecular flexibility index (Phi) is 4.17. The Morgan fingerprint density at radius 3 is 2.92 bits per heavy atom. The smallest absolute Gasteiger partial charge is 0.412 e. The molecule has 1 amide bonds. The molecule has 0 radical (unpaired) electrons. The molecule has 2 aliphatic rings. The Morgan fingerprint density at radius 1 is 1.44 bits per heavy atom. The average molecular weight is 345 g/mol. The quantitative estimate of drug-likeness (QED) is 0.871. The van der Waals surface area contributed by atoms with Crippen LogP contribution < -0.4 is 10.6 Å². The van der Waals surface area contributed by atoms with Gasteiger partial charge in [0.2, 0.25) is 0 Å². The molecule has 0 unspecified atom stereocenters. The molecular formula is C18H20FN3O3. The number of nitrogens with zero attached hydrogens (tertiary/aromatic N) is 1. The number of benzene rings is 1. The molecule has 1 aliphatic carbocycles. The molecule has 0 atom stereocenters. The number of aromatic nitrogens is 1. The van der Waals surface area contributed by atoms with E-state index in [9.17, 15) is 9.18 Å². The van der Waals surface area contributed by atoms with E-state index in [1.165, 1.54) is 31.5 Å². The van der Waals surface area contributed by atoms with Gasteiger partial charge >= 0.3 is 6.09 Å². The van der Waals surface area contributed by atoms with Crippen LogP contribution in [0.15, 0.2) is 35.2 Å². The van der Waals surface area contributed by atoms with Crippen molar-refractivity contribution in [3.63, 3.8) is 0 Å². The van der Waals surface area contributed by atoms with Crippen molar-refractivity contribution in [1.82, 2.24) is 10.3 Å². The van der Waals surface area contributed by atoms with Crippen LogP contribution in [0.1, 0.15) is 24.2 Å². The number of carbonyl (C=O) groups excluding carboxylic acids is 1. The molecule has 4 rings (SSSR count). The van der Waals surface area contributed by atoms with Gasteiger partial charge in [0, 0.05) is 18.8 Å². The molecule has 2 heterocycles. The standard InChI is InChI=1S/C18H20FN3O3/c19-16-4-14(22-17(23)24-8-15-7-20-11-25-15)2-1-13(16)3-12-5-18(6-12)9-21-10-18/h1-2,4,7,11-12,21H,3,5-6,8-10H2,(H,22,23). The number of anilines is 1. The maximum Gasteiger partial charge on any atom is 0.412 e. The minimum atomic E-state index is -0.665. The van der Waals surface area contributed by atoms with Crippen LogP contribution >= 0.6 is 0 Å². The van der Waals surface area contributed by atoms with Crippen molar-refractivity contribution in [3.8, 4) is 0 Å². The van der Waals surface area contributed by atoms with Crippen molar-refractivity contribution >= 4 is 11.8 Å². The van der Waals surface area contributed by atoms with Gasteiger partial charge in [0.05, 0.1) is 6.20 Å². The van der Waals surface area contributed by atoms with Gasteiger partial charge in [0.25, 0.3) is 0 Å². The Bertz CT molecular complexity index is 751. The molecular weight excluding hydrogens is 325 g/mol. The molecule has 1 spiro atoms. The number of oxazole rings is 1. The predicted octanol–water partition coefficient (Wildman–Crippen LogP) is 3.10. The zero-order chi connectivity index (χ0) is 17.3. The maximum absolute atomic E-state index is 14.3. The Labute approximate surface area is 144 Å². The summed E-state index contributed by atoms with van der Waals surface area (Å²) in [6.45, 7) is 2.18. The molecule has 1 aromatic heterocycles. The largest absolute Gasteiger partial charge is 0.445 e. The van der Waals surface area contributed by atoms with Gasteiger partial charge in [0.1, 0.15) is 5.82 Å². The number of nitrogens with one attached hydrogen (secondary N) is 2. The van der Waals surface area contributed by atoms with E-state index in [4.69, 9.17) is 9.15 Å². The van der Waals surface area contributed by atoms with E-state index in [2.05, 4.69) is 15.6 Å². The van der Waals surface area contributed by atoms with Crippen LogP contribution in [-0.2, 0) is 17.8 Å². The van der Waals surface area contributed by atoms with Crippen molar-refractivity contribution in [1.29, 1.82) is 0 Å². The monoisotopic (exact) mass is 345 g/mol. The first kappa shape index (κ1) is 16.1. The molecule has 2 N–H and O–H groups in total. The fourth-order valence-electron chi connectivity index (χ4n) is 3.78. The average Bonchev–Trinajstić information content (AvgIpc) is 3.02. The van der Waals surface area contributed by atoms with Gasteiger partial charge in [-0.3, -0.25) is 5.32 Å². The minimum absolute atomic E-state index is 0.0231. The zero-order valence-electron chi connectivity index (χ0n) is 13.8. The van der Waals surface area contributed by atoms with E-state index < -0.39 is 6.09 Å². The molecule has 0 bridgehead atoms. The minimum Gasteiger partial charge on any atom is -0.445 e. The van der Waals surface area contributed by atoms with Crippen LogP contribution in [-0.4, -0.2) is 24.2 Å². The molecule has 7 heteroatoms. The van der Waals surface area contributed by atoms with Gasteiger partial charge in [0.15, 0.2) is 18.8 Å². The Hall–Kier alpha value is -2.41. The summed E-state index contributed by atoms with van der Waals surface area (Å²) in [7, 11) is 0. The second-order valence-corrected chi connectivity index (χ2v) is 7.06. The number of carbonyl (C=O) groups is 1. The summed E-state index contributed by atoms with van der Waals surface area (Å²) in [4.78, 5) is 15.5. The highest BCUT2D eigenvalue weighted by Gasteiger charge is 2.48. The summed E-state index contributed by atoms with van der Waals surface area (Å²) in [5, 5.41) is 5.82. The number of halogens is 1. The molecule has 1 aliphatic heterocycles. The van der Waals surface area contributed by atoms with E-state index in [1.807, 2.05) is 0 Å². The van der Waals surface area contributed by atoms with Crippen LogP contribution in [0.3, 0.4) is 0 Å². The summed E-state index contributed by atoms with van der Waals surface area (Å²) in [5.74, 6) is 0.708. The third-order valence-electron chi connectivity index (χ3n) is 5.08. The highest BCUT2D eigenvalue weighted by molar-refractivity contribution is 5.84. The first-order chi connectivity index (χ1) is 12.1. The van der Waals surface area contributed by atoms with Crippen LogP contribution in [0.2, 0.25) is 0 Å². The lowest BCUT2D eigenvalue weighted by Crippen LogP contribution is -2.60. The summed E-state index contributed by atoms with van der Waals surface area (Å²) in [5.41, 5.74) is 1.57. The van der Waals surface area contributed by atoms with Crippen LogP contribution in [0.4, 0.5) is 14.9 Å². The Morgan fingerprint density at radius 2 is 2.28 bits per heavy atom. The molecule has 25 heavy (non-hydrogen) atoms. The van der Waals surface area contributed by atoms with Crippen molar-refractivity contribution in [2.75, 3.05) is 18.4 Å². The van der Waals surface area contributed by atoms with Crippen molar-refractivity contribution in [2.45, 2.75) is 25.9 Å². The number of rotatable bonds is 5. The maximum atomic E-state index is 14.3. The van der Waals surface area contributed by atoms with Crippen molar-refractivity contribution in [2.24, 2.45) is 11.3 Å². The second-order valence-electron chi connectivity index (χ2n) is 7.06. The first-order valence-corrected chi connectivity index (χ1v) is 8.42. The van der Waals surface area contributed by atoms with Gasteiger partial charge < -0.3 is 14.5 Å². The van der Waals surface area contributed by atoms with Crippen molar-refractivity contribution in [3.05, 3.63) is 47.9 Å².